The maximum atomic E-state index is 13.0. The number of primary amides is 1. The smallest absolute Gasteiger partial charge is 0.316 e. The number of carbonyl (C=O) groups excluding carboxylic acids is 3. The number of halogens is 3. The van der Waals surface area contributed by atoms with Crippen LogP contribution < -0.4 is 16.4 Å². The quantitative estimate of drug-likeness (QED) is 0.166. The SMILES string of the molecule is CN(CC(O)CO)C(=O)c1c(I)c(NC(N)=O)c(I)c(C(=O)NCC(O)CO)c1I. The molecule has 0 aliphatic carbocycles. The molecule has 0 aliphatic rings. The number of nitrogens with one attached hydrogen (secondary N) is 2. The number of benzene rings is 1. The highest BCUT2D eigenvalue weighted by Gasteiger charge is 2.30. The van der Waals surface area contributed by atoms with Crippen LogP contribution in [0.5, 0.6) is 0 Å². The molecule has 30 heavy (non-hydrogen) atoms. The van der Waals surface area contributed by atoms with Crippen molar-refractivity contribution in [3.8, 4) is 0 Å². The van der Waals surface area contributed by atoms with Gasteiger partial charge in [-0.2, -0.15) is 0 Å². The second-order valence-corrected chi connectivity index (χ2v) is 9.36. The number of carbonyl (C=O) groups is 3. The lowest BCUT2D eigenvalue weighted by Gasteiger charge is -2.24. The Morgan fingerprint density at radius 1 is 1.00 bits per heavy atom. The minimum Gasteiger partial charge on any atom is -0.394 e. The highest BCUT2D eigenvalue weighted by atomic mass is 127. The maximum Gasteiger partial charge on any atom is 0.316 e. The fourth-order valence-electron chi connectivity index (χ4n) is 2.30. The number of nitrogens with zero attached hydrogens (tertiary/aromatic N) is 1. The summed E-state index contributed by atoms with van der Waals surface area (Å²) < 4.78 is 0.941. The van der Waals surface area contributed by atoms with E-state index in [2.05, 4.69) is 10.6 Å². The zero-order chi connectivity index (χ0) is 23.2. The molecule has 0 saturated carbocycles. The molecule has 1 aromatic carbocycles. The van der Waals surface area contributed by atoms with Gasteiger partial charge < -0.3 is 41.7 Å². The summed E-state index contributed by atoms with van der Waals surface area (Å²) in [4.78, 5) is 38.5. The van der Waals surface area contributed by atoms with Crippen LogP contribution in [0.2, 0.25) is 0 Å². The van der Waals surface area contributed by atoms with Gasteiger partial charge in [0.05, 0.1) is 49.4 Å². The molecule has 168 valence electrons. The molecule has 0 heterocycles. The number of amides is 4. The van der Waals surface area contributed by atoms with Crippen LogP contribution in [-0.4, -0.2) is 88.7 Å². The van der Waals surface area contributed by atoms with Crippen molar-refractivity contribution < 1.29 is 34.8 Å². The van der Waals surface area contributed by atoms with Gasteiger partial charge in [0, 0.05) is 23.7 Å². The van der Waals surface area contributed by atoms with Crippen LogP contribution in [0.4, 0.5) is 10.5 Å². The summed E-state index contributed by atoms with van der Waals surface area (Å²) >= 11 is 5.52. The number of likely N-dealkylation sites (N-methyl/N-ethyl adjacent to an activating group) is 1. The molecule has 0 saturated heterocycles. The van der Waals surface area contributed by atoms with E-state index in [9.17, 15) is 24.6 Å². The second kappa shape index (κ2) is 12.5. The summed E-state index contributed by atoms with van der Waals surface area (Å²) in [6.45, 7) is -1.46. The number of nitrogens with two attached hydrogens (primary N) is 1. The fourth-order valence-corrected chi connectivity index (χ4v) is 6.68. The van der Waals surface area contributed by atoms with Gasteiger partial charge in [0.2, 0.25) is 0 Å². The molecular formula is C16H21I3N4O7. The Balaban J connectivity index is 3.55. The van der Waals surface area contributed by atoms with E-state index in [-0.39, 0.29) is 33.5 Å². The van der Waals surface area contributed by atoms with Gasteiger partial charge >= 0.3 is 6.03 Å². The van der Waals surface area contributed by atoms with Gasteiger partial charge in [-0.3, -0.25) is 9.59 Å². The van der Waals surface area contributed by atoms with Crippen molar-refractivity contribution in [3.63, 3.8) is 0 Å². The lowest BCUT2D eigenvalue weighted by atomic mass is 10.1. The van der Waals surface area contributed by atoms with Crippen LogP contribution in [0.15, 0.2) is 0 Å². The van der Waals surface area contributed by atoms with Crippen LogP contribution in [0.1, 0.15) is 20.7 Å². The van der Waals surface area contributed by atoms with E-state index in [1.54, 1.807) is 0 Å². The number of aliphatic hydroxyl groups is 4. The van der Waals surface area contributed by atoms with Gasteiger partial charge in [0.25, 0.3) is 11.8 Å². The molecule has 14 heteroatoms. The van der Waals surface area contributed by atoms with E-state index in [0.717, 1.165) is 0 Å². The molecule has 0 aliphatic heterocycles. The van der Waals surface area contributed by atoms with Crippen molar-refractivity contribution in [3.05, 3.63) is 21.8 Å². The summed E-state index contributed by atoms with van der Waals surface area (Å²) in [5.41, 5.74) is 5.57. The van der Waals surface area contributed by atoms with Crippen molar-refractivity contribution in [2.45, 2.75) is 12.2 Å². The summed E-state index contributed by atoms with van der Waals surface area (Å²) in [6.07, 6.45) is -2.31. The van der Waals surface area contributed by atoms with E-state index < -0.39 is 43.3 Å². The van der Waals surface area contributed by atoms with Gasteiger partial charge in [-0.25, -0.2) is 4.79 Å². The zero-order valence-electron chi connectivity index (χ0n) is 15.7. The van der Waals surface area contributed by atoms with E-state index in [1.165, 1.54) is 11.9 Å². The Kier molecular flexibility index (Phi) is 11.4. The normalized spacial score (nSPS) is 12.8. The Hall–Kier alpha value is -0.540. The lowest BCUT2D eigenvalue weighted by Crippen LogP contribution is -2.38. The second-order valence-electron chi connectivity index (χ2n) is 6.12. The highest BCUT2D eigenvalue weighted by Crippen LogP contribution is 2.36. The number of hydrogen-bond donors (Lipinski definition) is 7. The van der Waals surface area contributed by atoms with Crippen LogP contribution in [0.3, 0.4) is 0 Å². The number of urea groups is 1. The summed E-state index contributed by atoms with van der Waals surface area (Å²) in [5, 5.41) is 41.9. The van der Waals surface area contributed by atoms with Gasteiger partial charge in [0.1, 0.15) is 0 Å². The average molecular weight is 762 g/mol. The number of rotatable bonds is 9. The Bertz CT molecular complexity index is 825. The monoisotopic (exact) mass is 762 g/mol. The molecule has 11 nitrogen and oxygen atoms in total. The Morgan fingerprint density at radius 2 is 1.53 bits per heavy atom. The molecule has 1 rings (SSSR count). The topological polar surface area (TPSA) is 185 Å². The van der Waals surface area contributed by atoms with E-state index >= 15 is 0 Å². The molecule has 0 aromatic heterocycles. The van der Waals surface area contributed by atoms with Crippen LogP contribution in [0.25, 0.3) is 0 Å². The van der Waals surface area contributed by atoms with E-state index in [4.69, 9.17) is 15.9 Å². The van der Waals surface area contributed by atoms with Gasteiger partial charge in [0.15, 0.2) is 0 Å². The molecule has 0 bridgehead atoms. The Morgan fingerprint density at radius 3 is 2.03 bits per heavy atom. The van der Waals surface area contributed by atoms with E-state index in [0.29, 0.717) is 7.14 Å². The standard InChI is InChI=1S/C16H21I3N4O7/c1-23(3-7(27)5-25)15(29)9-10(17)8(14(28)21-2-6(26)4-24)11(18)13(12(9)19)22-16(20)30/h6-7,24-27H,2-5H2,1H3,(H,21,28)(H3,20,22,30). The fraction of sp³-hybridized carbons (Fsp3) is 0.438. The molecule has 0 fully saturated rings. The minimum atomic E-state index is -1.16. The van der Waals surface area contributed by atoms with Crippen molar-refractivity contribution in [2.75, 3.05) is 38.7 Å². The first-order valence-corrected chi connectivity index (χ1v) is 11.6. The number of hydrogen-bond acceptors (Lipinski definition) is 7. The van der Waals surface area contributed by atoms with Crippen LogP contribution in [0, 0.1) is 10.7 Å². The molecule has 8 N–H and O–H groups in total. The van der Waals surface area contributed by atoms with Crippen molar-refractivity contribution in [2.24, 2.45) is 5.73 Å². The molecular weight excluding hydrogens is 741 g/mol. The van der Waals surface area contributed by atoms with Crippen molar-refractivity contribution in [1.29, 1.82) is 0 Å². The first kappa shape index (κ1) is 27.5. The molecule has 4 amide bonds. The highest BCUT2D eigenvalue weighted by molar-refractivity contribution is 14.1. The molecule has 1 aromatic rings. The number of aliphatic hydroxyl groups excluding tert-OH is 4. The van der Waals surface area contributed by atoms with Crippen molar-refractivity contribution >= 4 is 91.3 Å². The van der Waals surface area contributed by atoms with Gasteiger partial charge in [-0.05, 0) is 67.8 Å². The summed E-state index contributed by atoms with van der Waals surface area (Å²) in [6, 6.07) is -0.892. The van der Waals surface area contributed by atoms with Crippen LogP contribution in [-0.2, 0) is 0 Å². The predicted octanol–water partition coefficient (Wildman–Crippen LogP) is -0.501. The van der Waals surface area contributed by atoms with Crippen molar-refractivity contribution in [1.82, 2.24) is 10.2 Å². The third kappa shape index (κ3) is 6.99. The van der Waals surface area contributed by atoms with Gasteiger partial charge in [-0.1, -0.05) is 0 Å². The maximum absolute atomic E-state index is 13.0. The largest absolute Gasteiger partial charge is 0.394 e. The third-order valence-corrected chi connectivity index (χ3v) is 6.99. The molecule has 0 spiro atoms. The first-order chi connectivity index (χ1) is 14.0. The zero-order valence-corrected chi connectivity index (χ0v) is 22.1. The minimum absolute atomic E-state index is 0.0740. The van der Waals surface area contributed by atoms with E-state index in [1.807, 2.05) is 67.8 Å². The average Bonchev–Trinajstić information content (AvgIpc) is 2.68. The third-order valence-electron chi connectivity index (χ3n) is 3.76. The predicted molar refractivity (Wildman–Crippen MR) is 133 cm³/mol. The first-order valence-electron chi connectivity index (χ1n) is 8.34. The van der Waals surface area contributed by atoms with Crippen LogP contribution >= 0.6 is 67.8 Å². The molecule has 2 atom stereocenters. The van der Waals surface area contributed by atoms with Gasteiger partial charge in [-0.15, -0.1) is 0 Å². The Labute approximate surface area is 213 Å². The lowest BCUT2D eigenvalue weighted by molar-refractivity contribution is 0.0519. The summed E-state index contributed by atoms with van der Waals surface area (Å²) in [5.74, 6) is -1.18. The number of anilines is 1. The molecule has 0 radical (unpaired) electrons. The molecule has 2 unspecified atom stereocenters. The summed E-state index contributed by atoms with van der Waals surface area (Å²) in [7, 11) is 1.42.